The lowest BCUT2D eigenvalue weighted by Crippen LogP contribution is -2.43. The van der Waals surface area contributed by atoms with Crippen LogP contribution < -0.4 is 0 Å². The molecule has 0 N–H and O–H groups in total. The molecule has 0 aliphatic rings. The van der Waals surface area contributed by atoms with E-state index in [1.54, 1.807) is 0 Å². The van der Waals surface area contributed by atoms with Crippen LogP contribution in [0.4, 0.5) is 0 Å². The van der Waals surface area contributed by atoms with Gasteiger partial charge in [-0.25, -0.2) is 14.4 Å². The summed E-state index contributed by atoms with van der Waals surface area (Å²) in [5, 5.41) is 0. The van der Waals surface area contributed by atoms with E-state index in [-0.39, 0.29) is 19.8 Å². The molecule has 0 aromatic heterocycles. The van der Waals surface area contributed by atoms with Crippen molar-refractivity contribution in [3.63, 3.8) is 0 Å². The molecule has 138 valence electrons. The highest BCUT2D eigenvalue weighted by Gasteiger charge is 2.37. The zero-order chi connectivity index (χ0) is 19.3. The van der Waals surface area contributed by atoms with Crippen molar-refractivity contribution in [1.82, 2.24) is 0 Å². The second-order valence-corrected chi connectivity index (χ2v) is 5.00. The first-order valence-electron chi connectivity index (χ1n) is 6.91. The smallest absolute Gasteiger partial charge is 0.330 e. The minimum absolute atomic E-state index is 0.387. The minimum atomic E-state index is -1.35. The van der Waals surface area contributed by atoms with Crippen LogP contribution in [0.3, 0.4) is 0 Å². The van der Waals surface area contributed by atoms with E-state index >= 15 is 0 Å². The molecule has 0 saturated heterocycles. The van der Waals surface area contributed by atoms with E-state index < -0.39 is 41.8 Å². The van der Waals surface area contributed by atoms with Gasteiger partial charge in [0.2, 0.25) is 0 Å². The Morgan fingerprint density at radius 1 is 0.720 bits per heavy atom. The van der Waals surface area contributed by atoms with Crippen molar-refractivity contribution in [2.75, 3.05) is 32.3 Å². The second kappa shape index (κ2) is 11.9. The van der Waals surface area contributed by atoms with E-state index in [0.29, 0.717) is 0 Å². The number of esters is 4. The van der Waals surface area contributed by atoms with Crippen LogP contribution in [0.1, 0.15) is 0 Å². The van der Waals surface area contributed by atoms with Crippen LogP contribution in [0.25, 0.3) is 0 Å². The van der Waals surface area contributed by atoms with Crippen molar-refractivity contribution >= 4 is 35.5 Å². The van der Waals surface area contributed by atoms with Crippen molar-refractivity contribution in [3.8, 4) is 0 Å². The van der Waals surface area contributed by atoms with Gasteiger partial charge < -0.3 is 18.9 Å². The van der Waals surface area contributed by atoms with Crippen LogP contribution in [0.5, 0.6) is 0 Å². The van der Waals surface area contributed by atoms with Gasteiger partial charge in [0.1, 0.15) is 37.7 Å². The van der Waals surface area contributed by atoms with Gasteiger partial charge in [0.25, 0.3) is 0 Å². The Hall–Kier alpha value is -2.61. The maximum absolute atomic E-state index is 11.3. The molecular weight excluding hydrogens is 356 g/mol. The van der Waals surface area contributed by atoms with Gasteiger partial charge in [-0.15, -0.1) is 11.6 Å². The first kappa shape index (κ1) is 22.4. The van der Waals surface area contributed by atoms with Gasteiger partial charge in [-0.1, -0.05) is 19.7 Å². The summed E-state index contributed by atoms with van der Waals surface area (Å²) in [6.45, 7) is 8.20. The highest BCUT2D eigenvalue weighted by atomic mass is 35.5. The Bertz CT molecular complexity index is 480. The molecule has 0 aromatic carbocycles. The summed E-state index contributed by atoms with van der Waals surface area (Å²) in [4.78, 5) is 45.3. The molecule has 0 bridgehead atoms. The van der Waals surface area contributed by atoms with E-state index in [4.69, 9.17) is 30.5 Å². The lowest BCUT2D eigenvalue weighted by Gasteiger charge is -2.31. The van der Waals surface area contributed by atoms with Crippen molar-refractivity contribution in [2.45, 2.75) is 0 Å². The molecule has 0 spiro atoms. The van der Waals surface area contributed by atoms with Crippen LogP contribution >= 0.6 is 11.6 Å². The molecule has 0 aliphatic carbocycles. The van der Waals surface area contributed by atoms with Crippen molar-refractivity contribution in [2.24, 2.45) is 5.41 Å². The Kier molecular flexibility index (Phi) is 10.6. The third-order valence-electron chi connectivity index (χ3n) is 2.71. The second-order valence-electron chi connectivity index (χ2n) is 4.73. The number of rotatable bonds is 12. The average molecular weight is 375 g/mol. The molecule has 8 nitrogen and oxygen atoms in total. The summed E-state index contributed by atoms with van der Waals surface area (Å²) in [6.07, 6.45) is 2.75. The largest absolute Gasteiger partial charge is 0.464 e. The lowest BCUT2D eigenvalue weighted by atomic mass is 9.92. The van der Waals surface area contributed by atoms with Crippen molar-refractivity contribution in [1.29, 1.82) is 0 Å². The zero-order valence-corrected chi connectivity index (χ0v) is 14.3. The zero-order valence-electron chi connectivity index (χ0n) is 13.5. The third-order valence-corrected chi connectivity index (χ3v) is 2.93. The molecule has 0 aromatic rings. The monoisotopic (exact) mass is 374 g/mol. The molecule has 9 heteroatoms. The number of hydrogen-bond donors (Lipinski definition) is 0. The maximum Gasteiger partial charge on any atom is 0.330 e. The van der Waals surface area contributed by atoms with E-state index in [9.17, 15) is 19.2 Å². The topological polar surface area (TPSA) is 105 Å². The fourth-order valence-corrected chi connectivity index (χ4v) is 1.45. The van der Waals surface area contributed by atoms with Crippen molar-refractivity contribution < 1.29 is 38.1 Å². The molecule has 0 unspecified atom stereocenters. The summed E-state index contributed by atoms with van der Waals surface area (Å²) < 4.78 is 19.7. The number of carbonyl (C=O) groups is 4. The molecule has 0 atom stereocenters. The molecular formula is C16H19ClO8. The van der Waals surface area contributed by atoms with Crippen LogP contribution in [0.2, 0.25) is 0 Å². The SMILES string of the molecule is C=CC(=O)OCC(COC(=O)C=C)(COC(=O)C=C)COC(=O)CCl. The predicted octanol–water partition coefficient (Wildman–Crippen LogP) is 0.942. The third kappa shape index (κ3) is 9.31. The Balaban J connectivity index is 5.33. The van der Waals surface area contributed by atoms with Gasteiger partial charge in [0, 0.05) is 18.2 Å². The van der Waals surface area contributed by atoms with Crippen molar-refractivity contribution in [3.05, 3.63) is 38.0 Å². The number of ether oxygens (including phenoxy) is 4. The highest BCUT2D eigenvalue weighted by molar-refractivity contribution is 6.26. The Morgan fingerprint density at radius 2 is 1.04 bits per heavy atom. The molecule has 0 rings (SSSR count). The summed E-state index contributed by atoms with van der Waals surface area (Å²) in [7, 11) is 0. The van der Waals surface area contributed by atoms with Crippen LogP contribution in [-0.2, 0) is 38.1 Å². The maximum atomic E-state index is 11.3. The molecule has 0 radical (unpaired) electrons. The van der Waals surface area contributed by atoms with E-state index in [1.807, 2.05) is 0 Å². The highest BCUT2D eigenvalue weighted by Crippen LogP contribution is 2.21. The molecule has 0 aliphatic heterocycles. The summed E-state index contributed by atoms with van der Waals surface area (Å²) in [5.74, 6) is -3.47. The van der Waals surface area contributed by atoms with Crippen LogP contribution in [0, 0.1) is 5.41 Å². The first-order chi connectivity index (χ1) is 11.8. The average Bonchev–Trinajstić information content (AvgIpc) is 2.65. The van der Waals surface area contributed by atoms with Crippen LogP contribution in [-0.4, -0.2) is 56.2 Å². The van der Waals surface area contributed by atoms with E-state index in [2.05, 4.69) is 19.7 Å². The summed E-state index contributed by atoms with van der Waals surface area (Å²) >= 11 is 5.36. The molecule has 25 heavy (non-hydrogen) atoms. The Labute approximate surface area is 150 Å². The van der Waals surface area contributed by atoms with Gasteiger partial charge in [0.15, 0.2) is 0 Å². The lowest BCUT2D eigenvalue weighted by molar-refractivity contribution is -0.165. The molecule has 0 saturated carbocycles. The molecule has 0 amide bonds. The summed E-state index contributed by atoms with van der Waals surface area (Å²) in [6, 6.07) is 0. The number of hydrogen-bond acceptors (Lipinski definition) is 8. The van der Waals surface area contributed by atoms with E-state index in [0.717, 1.165) is 18.2 Å². The minimum Gasteiger partial charge on any atom is -0.464 e. The van der Waals surface area contributed by atoms with Gasteiger partial charge in [-0.2, -0.15) is 0 Å². The quantitative estimate of drug-likeness (QED) is 0.215. The predicted molar refractivity (Wildman–Crippen MR) is 87.6 cm³/mol. The molecule has 0 heterocycles. The fraction of sp³-hybridized carbons (Fsp3) is 0.375. The van der Waals surface area contributed by atoms with Gasteiger partial charge in [0.05, 0.1) is 0 Å². The number of halogens is 1. The Morgan fingerprint density at radius 3 is 1.32 bits per heavy atom. The van der Waals surface area contributed by atoms with Crippen LogP contribution in [0.15, 0.2) is 38.0 Å². The molecule has 0 fully saturated rings. The number of carbonyl (C=O) groups excluding carboxylic acids is 4. The van der Waals surface area contributed by atoms with Gasteiger partial charge >= 0.3 is 23.9 Å². The first-order valence-corrected chi connectivity index (χ1v) is 7.45. The number of alkyl halides is 1. The fourth-order valence-electron chi connectivity index (χ4n) is 1.37. The van der Waals surface area contributed by atoms with Gasteiger partial charge in [-0.3, -0.25) is 4.79 Å². The van der Waals surface area contributed by atoms with Gasteiger partial charge in [-0.05, 0) is 0 Å². The normalized spacial score (nSPS) is 10.1. The van der Waals surface area contributed by atoms with E-state index in [1.165, 1.54) is 0 Å². The summed E-state index contributed by atoms with van der Waals surface area (Å²) in [5.41, 5.74) is -1.35. The standard InChI is InChI=1S/C16H19ClO8/c1-4-12(18)22-8-16(9-23-13(19)5-2,10-24-14(20)6-3)11-25-15(21)7-17/h4-6H,1-3,7-11H2.